The van der Waals surface area contributed by atoms with Crippen molar-refractivity contribution in [1.82, 2.24) is 9.97 Å². The molecule has 0 spiro atoms. The van der Waals surface area contributed by atoms with Crippen LogP contribution in [-0.2, 0) is 16.0 Å². The fourth-order valence-corrected chi connectivity index (χ4v) is 3.26. The molecule has 0 aliphatic carbocycles. The minimum atomic E-state index is -0.380. The number of benzene rings is 2. The van der Waals surface area contributed by atoms with E-state index in [-0.39, 0.29) is 35.9 Å². The number of hydrazone groups is 1. The van der Waals surface area contributed by atoms with E-state index >= 15 is 0 Å². The second-order valence-electron chi connectivity index (χ2n) is 7.06. The SMILES string of the molecule is CCc1cc(=O)[nH]c(-c2cccc(NC(=O)C3=NN(c4ccccc4)C(=O)CC3)c2)n1. The molecule has 0 radical (unpaired) electrons. The number of aromatic nitrogens is 2. The first-order valence-corrected chi connectivity index (χ1v) is 10.0. The van der Waals surface area contributed by atoms with Gasteiger partial charge in [0.15, 0.2) is 0 Å². The van der Waals surface area contributed by atoms with E-state index in [1.807, 2.05) is 25.1 Å². The third-order valence-corrected chi connectivity index (χ3v) is 4.85. The lowest BCUT2D eigenvalue weighted by atomic mass is 10.1. The smallest absolute Gasteiger partial charge is 0.271 e. The summed E-state index contributed by atoms with van der Waals surface area (Å²) in [7, 11) is 0. The maximum atomic E-state index is 12.8. The fourth-order valence-electron chi connectivity index (χ4n) is 3.26. The molecule has 0 saturated heterocycles. The number of H-pyrrole nitrogens is 1. The average molecular weight is 415 g/mol. The summed E-state index contributed by atoms with van der Waals surface area (Å²) < 4.78 is 0. The van der Waals surface area contributed by atoms with Crippen LogP contribution in [0.15, 0.2) is 70.6 Å². The molecule has 8 heteroatoms. The van der Waals surface area contributed by atoms with Crippen molar-refractivity contribution in [1.29, 1.82) is 0 Å². The zero-order valence-electron chi connectivity index (χ0n) is 17.0. The van der Waals surface area contributed by atoms with Gasteiger partial charge in [-0.2, -0.15) is 5.10 Å². The topological polar surface area (TPSA) is 108 Å². The Balaban J connectivity index is 1.56. The zero-order valence-corrected chi connectivity index (χ0v) is 17.0. The molecule has 4 rings (SSSR count). The molecule has 2 N–H and O–H groups in total. The van der Waals surface area contributed by atoms with Crippen LogP contribution < -0.4 is 15.9 Å². The number of aryl methyl sites for hydroxylation is 1. The first-order valence-electron chi connectivity index (χ1n) is 10.0. The second-order valence-corrected chi connectivity index (χ2v) is 7.06. The van der Waals surface area contributed by atoms with Gasteiger partial charge in [-0.15, -0.1) is 0 Å². The highest BCUT2D eigenvalue weighted by Crippen LogP contribution is 2.22. The standard InChI is InChI=1S/C23H21N5O3/c1-2-16-14-20(29)26-22(24-16)15-7-6-8-17(13-15)25-23(31)19-11-12-21(30)28(27-19)18-9-4-3-5-10-18/h3-10,13-14H,2,11-12H2,1H3,(H,25,31)(H,24,26,29). The number of anilines is 2. The van der Waals surface area contributed by atoms with E-state index in [9.17, 15) is 14.4 Å². The van der Waals surface area contributed by atoms with E-state index in [4.69, 9.17) is 0 Å². The second kappa shape index (κ2) is 8.74. The third-order valence-electron chi connectivity index (χ3n) is 4.85. The summed E-state index contributed by atoms with van der Waals surface area (Å²) in [5.41, 5.74) is 2.57. The lowest BCUT2D eigenvalue weighted by molar-refractivity contribution is -0.118. The lowest BCUT2D eigenvalue weighted by Gasteiger charge is -2.23. The van der Waals surface area contributed by atoms with Crippen molar-refractivity contribution >= 4 is 28.9 Å². The van der Waals surface area contributed by atoms with Gasteiger partial charge in [0.25, 0.3) is 11.5 Å². The van der Waals surface area contributed by atoms with Gasteiger partial charge in [0, 0.05) is 35.9 Å². The summed E-state index contributed by atoms with van der Waals surface area (Å²) in [5.74, 6) is -0.0961. The average Bonchev–Trinajstić information content (AvgIpc) is 2.79. The molecule has 0 saturated carbocycles. The molecular formula is C23H21N5O3. The minimum Gasteiger partial charge on any atom is -0.321 e. The summed E-state index contributed by atoms with van der Waals surface area (Å²) in [6.45, 7) is 1.93. The summed E-state index contributed by atoms with van der Waals surface area (Å²) in [5, 5.41) is 8.36. The van der Waals surface area contributed by atoms with E-state index in [2.05, 4.69) is 20.4 Å². The van der Waals surface area contributed by atoms with Crippen LogP contribution in [-0.4, -0.2) is 27.5 Å². The molecule has 0 fully saturated rings. The Hall–Kier alpha value is -4.07. The summed E-state index contributed by atoms with van der Waals surface area (Å²) >= 11 is 0. The largest absolute Gasteiger partial charge is 0.321 e. The molecule has 3 aromatic rings. The molecule has 8 nitrogen and oxygen atoms in total. The molecule has 2 heterocycles. The van der Waals surface area contributed by atoms with Crippen molar-refractivity contribution in [2.45, 2.75) is 26.2 Å². The number of rotatable bonds is 5. The highest BCUT2D eigenvalue weighted by atomic mass is 16.2. The Morgan fingerprint density at radius 3 is 2.65 bits per heavy atom. The molecule has 2 amide bonds. The van der Waals surface area contributed by atoms with E-state index in [1.54, 1.807) is 36.4 Å². The fraction of sp³-hybridized carbons (Fsp3) is 0.174. The maximum absolute atomic E-state index is 12.8. The first kappa shape index (κ1) is 20.2. The Labute approximate surface area is 178 Å². The highest BCUT2D eigenvalue weighted by Gasteiger charge is 2.25. The van der Waals surface area contributed by atoms with Crippen LogP contribution in [0.4, 0.5) is 11.4 Å². The van der Waals surface area contributed by atoms with Gasteiger partial charge in [-0.3, -0.25) is 14.4 Å². The number of hydrogen-bond acceptors (Lipinski definition) is 5. The van der Waals surface area contributed by atoms with Crippen molar-refractivity contribution in [3.8, 4) is 11.4 Å². The molecule has 0 unspecified atom stereocenters. The van der Waals surface area contributed by atoms with Gasteiger partial charge in [0.2, 0.25) is 5.91 Å². The highest BCUT2D eigenvalue weighted by molar-refractivity contribution is 6.44. The lowest BCUT2D eigenvalue weighted by Crippen LogP contribution is -2.36. The number of aromatic amines is 1. The van der Waals surface area contributed by atoms with Crippen LogP contribution in [0.25, 0.3) is 11.4 Å². The van der Waals surface area contributed by atoms with Crippen molar-refractivity contribution < 1.29 is 9.59 Å². The Morgan fingerprint density at radius 1 is 1.06 bits per heavy atom. The Kier molecular flexibility index (Phi) is 5.70. The van der Waals surface area contributed by atoms with E-state index in [0.717, 1.165) is 0 Å². The predicted octanol–water partition coefficient (Wildman–Crippen LogP) is 3.12. The van der Waals surface area contributed by atoms with Gasteiger partial charge < -0.3 is 10.3 Å². The zero-order chi connectivity index (χ0) is 21.8. The Morgan fingerprint density at radius 2 is 1.87 bits per heavy atom. The van der Waals surface area contributed by atoms with Crippen molar-refractivity contribution in [2.75, 3.05) is 10.3 Å². The van der Waals surface area contributed by atoms with Crippen molar-refractivity contribution in [3.05, 3.63) is 76.7 Å². The minimum absolute atomic E-state index is 0.157. The number of carbonyl (C=O) groups is 2. The molecule has 1 aliphatic rings. The summed E-state index contributed by atoms with van der Waals surface area (Å²) in [4.78, 5) is 44.1. The molecular weight excluding hydrogens is 394 g/mol. The van der Waals surface area contributed by atoms with Gasteiger partial charge >= 0.3 is 0 Å². The van der Waals surface area contributed by atoms with E-state index < -0.39 is 0 Å². The number of para-hydroxylation sites is 1. The van der Waals surface area contributed by atoms with Crippen molar-refractivity contribution in [2.24, 2.45) is 5.10 Å². The quantitative estimate of drug-likeness (QED) is 0.667. The molecule has 1 aliphatic heterocycles. The predicted molar refractivity (Wildman–Crippen MR) is 119 cm³/mol. The normalized spacial score (nSPS) is 13.6. The summed E-state index contributed by atoms with van der Waals surface area (Å²) in [6.07, 6.45) is 1.11. The molecule has 31 heavy (non-hydrogen) atoms. The van der Waals surface area contributed by atoms with E-state index in [0.29, 0.717) is 34.9 Å². The summed E-state index contributed by atoms with van der Waals surface area (Å²) in [6, 6.07) is 17.5. The van der Waals surface area contributed by atoms with Crippen LogP contribution in [0, 0.1) is 0 Å². The third kappa shape index (κ3) is 4.58. The van der Waals surface area contributed by atoms with Gasteiger partial charge in [-0.25, -0.2) is 9.99 Å². The number of amides is 2. The first-order chi connectivity index (χ1) is 15.0. The van der Waals surface area contributed by atoms with Crippen LogP contribution in [0.5, 0.6) is 0 Å². The van der Waals surface area contributed by atoms with Crippen LogP contribution >= 0.6 is 0 Å². The molecule has 2 aromatic carbocycles. The van der Waals surface area contributed by atoms with Crippen LogP contribution in [0.1, 0.15) is 25.5 Å². The molecule has 156 valence electrons. The van der Waals surface area contributed by atoms with Crippen molar-refractivity contribution in [3.63, 3.8) is 0 Å². The molecule has 0 atom stereocenters. The van der Waals surface area contributed by atoms with Gasteiger partial charge in [0.1, 0.15) is 11.5 Å². The number of nitrogens with zero attached hydrogens (tertiary/aromatic N) is 3. The van der Waals surface area contributed by atoms with Crippen LogP contribution in [0.2, 0.25) is 0 Å². The van der Waals surface area contributed by atoms with Gasteiger partial charge in [0.05, 0.1) is 5.69 Å². The number of carbonyl (C=O) groups excluding carboxylic acids is 2. The van der Waals surface area contributed by atoms with Gasteiger partial charge in [-0.1, -0.05) is 37.3 Å². The Bertz CT molecular complexity index is 1220. The van der Waals surface area contributed by atoms with Crippen LogP contribution in [0.3, 0.4) is 0 Å². The number of nitrogens with one attached hydrogen (secondary N) is 2. The monoisotopic (exact) mass is 415 g/mol. The number of hydrogen-bond donors (Lipinski definition) is 2. The maximum Gasteiger partial charge on any atom is 0.271 e. The van der Waals surface area contributed by atoms with E-state index in [1.165, 1.54) is 11.1 Å². The van der Waals surface area contributed by atoms with Gasteiger partial charge in [-0.05, 0) is 30.7 Å². The molecule has 1 aromatic heterocycles. The molecule has 0 bridgehead atoms.